The minimum absolute atomic E-state index is 0.0589. The Morgan fingerprint density at radius 1 is 0.717 bits per heavy atom. The second-order valence-electron chi connectivity index (χ2n) is 13.0. The van der Waals surface area contributed by atoms with Crippen LogP contribution < -0.4 is 11.1 Å². The van der Waals surface area contributed by atoms with Crippen molar-refractivity contribution < 1.29 is 33.5 Å². The number of allylic oxidation sites excluding steroid dienone is 2. The SMILES string of the molecule is CCCCCCCCC/C=C\CCCCCC(O)CC(=O)NC(COP(=O)(O)OCCN)C(O)CCCCCCCCCCCC. The molecule has 0 bridgehead atoms. The summed E-state index contributed by atoms with van der Waals surface area (Å²) in [6.07, 6.45) is 29.7. The lowest BCUT2D eigenvalue weighted by Gasteiger charge is -2.25. The van der Waals surface area contributed by atoms with Crippen LogP contribution in [0.1, 0.15) is 174 Å². The second-order valence-corrected chi connectivity index (χ2v) is 14.4. The maximum Gasteiger partial charge on any atom is 0.472 e. The van der Waals surface area contributed by atoms with Gasteiger partial charge in [0.25, 0.3) is 0 Å². The minimum Gasteiger partial charge on any atom is -0.393 e. The van der Waals surface area contributed by atoms with Crippen molar-refractivity contribution in [3.63, 3.8) is 0 Å². The van der Waals surface area contributed by atoms with E-state index in [1.807, 2.05) is 0 Å². The minimum atomic E-state index is -4.36. The van der Waals surface area contributed by atoms with Crippen molar-refractivity contribution in [1.82, 2.24) is 5.32 Å². The molecule has 0 saturated carbocycles. The van der Waals surface area contributed by atoms with Crippen LogP contribution in [0, 0.1) is 0 Å². The average molecular weight is 677 g/mol. The van der Waals surface area contributed by atoms with Crippen molar-refractivity contribution in [2.45, 2.75) is 193 Å². The first-order valence-corrected chi connectivity index (χ1v) is 20.4. The zero-order chi connectivity index (χ0) is 34.1. The Bertz CT molecular complexity index is 756. The number of phosphoric acid groups is 1. The van der Waals surface area contributed by atoms with Crippen LogP contribution in [0.25, 0.3) is 0 Å². The van der Waals surface area contributed by atoms with Crippen molar-refractivity contribution in [2.75, 3.05) is 19.8 Å². The quantitative estimate of drug-likeness (QED) is 0.0254. The van der Waals surface area contributed by atoms with Gasteiger partial charge < -0.3 is 26.2 Å². The molecule has 0 aliphatic carbocycles. The van der Waals surface area contributed by atoms with Crippen LogP contribution in [0.4, 0.5) is 0 Å². The number of unbranched alkanes of at least 4 members (excludes halogenated alkanes) is 19. The standard InChI is InChI=1S/C36H73N2O7P/c1-3-5-7-9-11-13-15-16-17-18-19-21-23-25-27-33(39)31-36(41)38-34(32-45-46(42,43)44-30-29-37)35(40)28-26-24-22-20-14-12-10-8-6-4-2/h17-18,33-35,39-40H,3-16,19-32,37H2,1-2H3,(H,38,41)(H,42,43)/b18-17-. The number of aliphatic hydroxyl groups excluding tert-OH is 2. The number of nitrogens with two attached hydrogens (primary N) is 1. The van der Waals surface area contributed by atoms with Gasteiger partial charge in [-0.3, -0.25) is 13.8 Å². The molecule has 6 N–H and O–H groups in total. The Balaban J connectivity index is 4.37. The molecule has 274 valence electrons. The van der Waals surface area contributed by atoms with Crippen molar-refractivity contribution in [1.29, 1.82) is 0 Å². The molecular weight excluding hydrogens is 603 g/mol. The first-order valence-electron chi connectivity index (χ1n) is 18.9. The van der Waals surface area contributed by atoms with Crippen molar-refractivity contribution in [3.8, 4) is 0 Å². The zero-order valence-corrected chi connectivity index (χ0v) is 30.6. The van der Waals surface area contributed by atoms with E-state index >= 15 is 0 Å². The molecule has 4 unspecified atom stereocenters. The van der Waals surface area contributed by atoms with Crippen LogP contribution in [0.15, 0.2) is 12.2 Å². The summed E-state index contributed by atoms with van der Waals surface area (Å²) >= 11 is 0. The summed E-state index contributed by atoms with van der Waals surface area (Å²) in [5, 5.41) is 24.0. The average Bonchev–Trinajstić information content (AvgIpc) is 3.03. The number of nitrogens with one attached hydrogen (secondary N) is 1. The fourth-order valence-electron chi connectivity index (χ4n) is 5.53. The van der Waals surface area contributed by atoms with Gasteiger partial charge in [0.2, 0.25) is 5.91 Å². The molecule has 46 heavy (non-hydrogen) atoms. The van der Waals surface area contributed by atoms with E-state index in [-0.39, 0.29) is 26.2 Å². The van der Waals surface area contributed by atoms with Gasteiger partial charge in [0, 0.05) is 6.54 Å². The summed E-state index contributed by atoms with van der Waals surface area (Å²) < 4.78 is 22.0. The fraction of sp³-hybridized carbons (Fsp3) is 0.917. The first kappa shape index (κ1) is 45.2. The molecule has 0 saturated heterocycles. The molecule has 0 aromatic rings. The van der Waals surface area contributed by atoms with E-state index in [2.05, 4.69) is 31.3 Å². The third kappa shape index (κ3) is 30.5. The summed E-state index contributed by atoms with van der Waals surface area (Å²) in [5.74, 6) is -0.424. The normalized spacial score (nSPS) is 15.2. The number of hydrogen-bond donors (Lipinski definition) is 5. The lowest BCUT2D eigenvalue weighted by molar-refractivity contribution is -0.125. The Morgan fingerprint density at radius 2 is 1.17 bits per heavy atom. The van der Waals surface area contributed by atoms with Crippen LogP contribution in [-0.4, -0.2) is 59.0 Å². The van der Waals surface area contributed by atoms with E-state index in [0.717, 1.165) is 51.4 Å². The molecule has 0 heterocycles. The summed E-state index contributed by atoms with van der Waals surface area (Å²) in [5.41, 5.74) is 5.34. The number of amides is 1. The highest BCUT2D eigenvalue weighted by Crippen LogP contribution is 2.43. The Hall–Kier alpha value is -0.800. The Morgan fingerprint density at radius 3 is 1.70 bits per heavy atom. The highest BCUT2D eigenvalue weighted by molar-refractivity contribution is 7.47. The molecule has 0 aromatic heterocycles. The van der Waals surface area contributed by atoms with Gasteiger partial charge >= 0.3 is 7.82 Å². The predicted molar refractivity (Wildman–Crippen MR) is 191 cm³/mol. The molecule has 4 atom stereocenters. The molecule has 0 fully saturated rings. The predicted octanol–water partition coefficient (Wildman–Crippen LogP) is 8.63. The number of carbonyl (C=O) groups is 1. The van der Waals surface area contributed by atoms with Gasteiger partial charge in [0.15, 0.2) is 0 Å². The van der Waals surface area contributed by atoms with Gasteiger partial charge in [0.05, 0.1) is 37.9 Å². The fourth-order valence-corrected chi connectivity index (χ4v) is 6.29. The van der Waals surface area contributed by atoms with Gasteiger partial charge in [-0.05, 0) is 38.5 Å². The lowest BCUT2D eigenvalue weighted by Crippen LogP contribution is -2.47. The number of phosphoric ester groups is 1. The molecule has 0 rings (SSSR count). The van der Waals surface area contributed by atoms with E-state index in [9.17, 15) is 24.5 Å². The Kier molecular flexibility index (Phi) is 32.2. The molecule has 10 heteroatoms. The van der Waals surface area contributed by atoms with Gasteiger partial charge in [0.1, 0.15) is 0 Å². The van der Waals surface area contributed by atoms with Crippen LogP contribution in [0.3, 0.4) is 0 Å². The Labute approximate surface area is 282 Å². The van der Waals surface area contributed by atoms with E-state index in [4.69, 9.17) is 14.8 Å². The third-order valence-electron chi connectivity index (χ3n) is 8.42. The van der Waals surface area contributed by atoms with Crippen LogP contribution in [0.5, 0.6) is 0 Å². The molecule has 0 aliphatic heterocycles. The summed E-state index contributed by atoms with van der Waals surface area (Å²) in [4.78, 5) is 22.6. The number of rotatable bonds is 35. The molecule has 0 aliphatic rings. The largest absolute Gasteiger partial charge is 0.472 e. The van der Waals surface area contributed by atoms with E-state index < -0.39 is 32.0 Å². The lowest BCUT2D eigenvalue weighted by atomic mass is 10.0. The molecule has 9 nitrogen and oxygen atoms in total. The summed E-state index contributed by atoms with van der Waals surface area (Å²) in [6, 6.07) is -0.895. The second kappa shape index (κ2) is 32.7. The van der Waals surface area contributed by atoms with Gasteiger partial charge in [-0.2, -0.15) is 0 Å². The van der Waals surface area contributed by atoms with Crippen molar-refractivity contribution in [2.24, 2.45) is 5.73 Å². The van der Waals surface area contributed by atoms with Crippen molar-refractivity contribution >= 4 is 13.7 Å². The van der Waals surface area contributed by atoms with Crippen molar-refractivity contribution in [3.05, 3.63) is 12.2 Å². The number of hydrogen-bond acceptors (Lipinski definition) is 7. The van der Waals surface area contributed by atoms with E-state index in [1.165, 1.54) is 89.9 Å². The van der Waals surface area contributed by atoms with E-state index in [0.29, 0.717) is 12.8 Å². The highest BCUT2D eigenvalue weighted by Gasteiger charge is 2.28. The van der Waals surface area contributed by atoms with Crippen LogP contribution >= 0.6 is 7.82 Å². The molecule has 0 aromatic carbocycles. The van der Waals surface area contributed by atoms with E-state index in [1.54, 1.807) is 0 Å². The first-order chi connectivity index (χ1) is 22.3. The molecule has 0 radical (unpaired) electrons. The number of aliphatic hydroxyl groups is 2. The monoisotopic (exact) mass is 677 g/mol. The maximum atomic E-state index is 12.7. The maximum absolute atomic E-state index is 12.7. The zero-order valence-electron chi connectivity index (χ0n) is 29.7. The molecular formula is C36H73N2O7P. The topological polar surface area (TPSA) is 151 Å². The molecule has 1 amide bonds. The van der Waals surface area contributed by atoms with Crippen LogP contribution in [-0.2, 0) is 18.4 Å². The molecule has 0 spiro atoms. The number of carbonyl (C=O) groups excluding carboxylic acids is 1. The summed E-state index contributed by atoms with van der Waals surface area (Å²) in [6.45, 7) is 4.00. The van der Waals surface area contributed by atoms with Gasteiger partial charge in [-0.1, -0.05) is 142 Å². The van der Waals surface area contributed by atoms with Crippen LogP contribution in [0.2, 0.25) is 0 Å². The van der Waals surface area contributed by atoms with Gasteiger partial charge in [-0.15, -0.1) is 0 Å². The highest BCUT2D eigenvalue weighted by atomic mass is 31.2. The smallest absolute Gasteiger partial charge is 0.393 e. The van der Waals surface area contributed by atoms with Gasteiger partial charge in [-0.25, -0.2) is 4.57 Å². The third-order valence-corrected chi connectivity index (χ3v) is 9.41. The summed E-state index contributed by atoms with van der Waals surface area (Å²) in [7, 11) is -4.36.